The third kappa shape index (κ3) is 5.02. The van der Waals surface area contributed by atoms with Crippen molar-refractivity contribution in [1.29, 1.82) is 0 Å². The lowest BCUT2D eigenvalue weighted by molar-refractivity contribution is -0.139. The number of nitrogens with zero attached hydrogens (tertiary/aromatic N) is 2. The second-order valence-corrected chi connectivity index (χ2v) is 8.68. The third-order valence-electron chi connectivity index (χ3n) is 5.41. The van der Waals surface area contributed by atoms with E-state index in [0.717, 1.165) is 0 Å². The van der Waals surface area contributed by atoms with Crippen LogP contribution in [0.5, 0.6) is 0 Å². The van der Waals surface area contributed by atoms with E-state index in [9.17, 15) is 9.59 Å². The highest BCUT2D eigenvalue weighted by molar-refractivity contribution is 5.78. The van der Waals surface area contributed by atoms with Crippen LogP contribution in [0.25, 0.3) is 11.5 Å². The molecule has 2 aromatic heterocycles. The summed E-state index contributed by atoms with van der Waals surface area (Å²) in [5.41, 5.74) is 0.0329. The number of aliphatic carboxylic acids is 1. The second kappa shape index (κ2) is 8.64. The first-order chi connectivity index (χ1) is 14.8. The van der Waals surface area contributed by atoms with Crippen LogP contribution < -0.4 is 10.6 Å². The van der Waals surface area contributed by atoms with Gasteiger partial charge in [-0.25, -0.2) is 9.97 Å². The van der Waals surface area contributed by atoms with Gasteiger partial charge in [-0.2, -0.15) is 0 Å². The minimum atomic E-state index is -0.923. The number of anilines is 1. The molecule has 2 aliphatic heterocycles. The van der Waals surface area contributed by atoms with Crippen molar-refractivity contribution in [3.05, 3.63) is 30.7 Å². The van der Waals surface area contributed by atoms with Crippen LogP contribution in [-0.2, 0) is 19.1 Å². The van der Waals surface area contributed by atoms with Gasteiger partial charge in [0.25, 0.3) is 0 Å². The Balaban J connectivity index is 1.34. The van der Waals surface area contributed by atoms with Gasteiger partial charge in [0, 0.05) is 12.6 Å². The van der Waals surface area contributed by atoms with Gasteiger partial charge in [-0.15, -0.1) is 0 Å². The summed E-state index contributed by atoms with van der Waals surface area (Å²) >= 11 is 0. The van der Waals surface area contributed by atoms with E-state index >= 15 is 0 Å². The molecule has 3 N–H and O–H groups in total. The lowest BCUT2D eigenvalue weighted by Gasteiger charge is -2.24. The Morgan fingerprint density at radius 1 is 1.16 bits per heavy atom. The van der Waals surface area contributed by atoms with Crippen LogP contribution in [0, 0.1) is 5.41 Å². The smallest absolute Gasteiger partial charge is 0.303 e. The van der Waals surface area contributed by atoms with Crippen LogP contribution in [0.4, 0.5) is 5.95 Å². The van der Waals surface area contributed by atoms with Gasteiger partial charge in [0.1, 0.15) is 17.9 Å². The average Bonchev–Trinajstić information content (AvgIpc) is 3.41. The molecule has 4 heterocycles. The van der Waals surface area contributed by atoms with Gasteiger partial charge < -0.3 is 29.6 Å². The van der Waals surface area contributed by atoms with Gasteiger partial charge in [0.15, 0.2) is 5.76 Å². The number of carbonyl (C=O) groups excluding carboxylic acids is 1. The molecule has 31 heavy (non-hydrogen) atoms. The summed E-state index contributed by atoms with van der Waals surface area (Å²) in [6, 6.07) is 4.93. The maximum absolute atomic E-state index is 12.4. The predicted molar refractivity (Wildman–Crippen MR) is 109 cm³/mol. The molecule has 2 saturated heterocycles. The number of hydrogen-bond acceptors (Lipinski definition) is 8. The largest absolute Gasteiger partial charge is 0.481 e. The normalized spacial score (nSPS) is 25.2. The molecule has 10 heteroatoms. The highest BCUT2D eigenvalue weighted by Gasteiger charge is 2.48. The molecule has 0 bridgehead atoms. The van der Waals surface area contributed by atoms with Gasteiger partial charge in [-0.3, -0.25) is 9.59 Å². The summed E-state index contributed by atoms with van der Waals surface area (Å²) in [6.07, 6.45) is 2.72. The van der Waals surface area contributed by atoms with E-state index in [4.69, 9.17) is 19.0 Å². The Labute approximate surface area is 179 Å². The molecular formula is C21H26N4O6. The van der Waals surface area contributed by atoms with Gasteiger partial charge in [0.2, 0.25) is 11.9 Å². The average molecular weight is 430 g/mol. The number of furan rings is 1. The van der Waals surface area contributed by atoms with Crippen LogP contribution >= 0.6 is 0 Å². The van der Waals surface area contributed by atoms with Gasteiger partial charge in [-0.1, -0.05) is 13.8 Å². The summed E-state index contributed by atoms with van der Waals surface area (Å²) in [5, 5.41) is 15.2. The first kappa shape index (κ1) is 21.3. The summed E-state index contributed by atoms with van der Waals surface area (Å²) in [5.74, 6) is -0.0465. The van der Waals surface area contributed by atoms with Crippen molar-refractivity contribution in [3.8, 4) is 11.5 Å². The zero-order valence-electron chi connectivity index (χ0n) is 17.4. The van der Waals surface area contributed by atoms with Crippen LogP contribution in [0.3, 0.4) is 0 Å². The van der Waals surface area contributed by atoms with Crippen molar-refractivity contribution in [2.75, 3.05) is 18.5 Å². The van der Waals surface area contributed by atoms with E-state index in [0.29, 0.717) is 30.6 Å². The third-order valence-corrected chi connectivity index (χ3v) is 5.41. The molecule has 10 nitrogen and oxygen atoms in total. The number of amides is 1. The number of nitrogens with one attached hydrogen (secondary N) is 2. The molecule has 2 fully saturated rings. The molecule has 2 aromatic rings. The maximum atomic E-state index is 12.4. The second-order valence-electron chi connectivity index (χ2n) is 8.68. The highest BCUT2D eigenvalue weighted by atomic mass is 16.6. The van der Waals surface area contributed by atoms with Crippen molar-refractivity contribution in [1.82, 2.24) is 15.3 Å². The molecule has 166 valence electrons. The number of fused-ring (bicyclic) bond motifs is 1. The van der Waals surface area contributed by atoms with E-state index in [1.807, 2.05) is 6.07 Å². The number of hydrogen-bond donors (Lipinski definition) is 3. The van der Waals surface area contributed by atoms with E-state index < -0.39 is 11.4 Å². The maximum Gasteiger partial charge on any atom is 0.303 e. The van der Waals surface area contributed by atoms with Crippen molar-refractivity contribution < 1.29 is 28.6 Å². The number of carboxylic acid groups (broad SMARTS) is 1. The van der Waals surface area contributed by atoms with Crippen LogP contribution in [0.1, 0.15) is 26.7 Å². The van der Waals surface area contributed by atoms with E-state index in [1.54, 1.807) is 38.4 Å². The van der Waals surface area contributed by atoms with Crippen molar-refractivity contribution in [3.63, 3.8) is 0 Å². The molecule has 4 atom stereocenters. The Morgan fingerprint density at radius 3 is 2.61 bits per heavy atom. The monoisotopic (exact) mass is 430 g/mol. The minimum absolute atomic E-state index is 0.0762. The van der Waals surface area contributed by atoms with Crippen LogP contribution in [-0.4, -0.2) is 64.5 Å². The zero-order chi connectivity index (χ0) is 22.0. The van der Waals surface area contributed by atoms with Gasteiger partial charge >= 0.3 is 5.97 Å². The Morgan fingerprint density at radius 2 is 1.90 bits per heavy atom. The minimum Gasteiger partial charge on any atom is -0.481 e. The standard InChI is InChI=1S/C21H26N4O6/c1-21(2,9-17(27)28)8-16(26)23-13-10-30-19-14(11-31-18(13)19)25-20-22-6-5-12(24-20)15-4-3-7-29-15/h3-7,13-14,18-19H,8-11H2,1-2H3,(H,23,26)(H,27,28)(H,22,24,25)/t13-,14+,18-,19+/m1/s1. The lowest BCUT2D eigenvalue weighted by atomic mass is 9.85. The van der Waals surface area contributed by atoms with E-state index in [-0.39, 0.29) is 43.0 Å². The fraction of sp³-hybridized carbons (Fsp3) is 0.524. The summed E-state index contributed by atoms with van der Waals surface area (Å²) in [4.78, 5) is 32.2. The summed E-state index contributed by atoms with van der Waals surface area (Å²) < 4.78 is 17.2. The molecule has 0 unspecified atom stereocenters. The molecule has 4 rings (SSSR count). The van der Waals surface area contributed by atoms with Crippen molar-refractivity contribution >= 4 is 17.8 Å². The van der Waals surface area contributed by atoms with Gasteiger partial charge in [-0.05, 0) is 23.6 Å². The molecular weight excluding hydrogens is 404 g/mol. The molecule has 0 radical (unpaired) electrons. The molecule has 0 saturated carbocycles. The topological polar surface area (TPSA) is 136 Å². The Hall–Kier alpha value is -2.98. The number of carboxylic acids is 1. The first-order valence-electron chi connectivity index (χ1n) is 10.2. The molecule has 0 aromatic carbocycles. The quantitative estimate of drug-likeness (QED) is 0.571. The van der Waals surface area contributed by atoms with Crippen LogP contribution in [0.15, 0.2) is 35.1 Å². The lowest BCUT2D eigenvalue weighted by Crippen LogP contribution is -2.45. The zero-order valence-corrected chi connectivity index (χ0v) is 17.4. The van der Waals surface area contributed by atoms with E-state index in [1.165, 1.54) is 0 Å². The Kier molecular flexibility index (Phi) is 5.92. The van der Waals surface area contributed by atoms with Crippen molar-refractivity contribution in [2.45, 2.75) is 51.0 Å². The molecule has 0 aliphatic carbocycles. The number of aromatic nitrogens is 2. The van der Waals surface area contributed by atoms with E-state index in [2.05, 4.69) is 20.6 Å². The first-order valence-corrected chi connectivity index (χ1v) is 10.2. The molecule has 0 spiro atoms. The van der Waals surface area contributed by atoms with Crippen molar-refractivity contribution in [2.24, 2.45) is 5.41 Å². The predicted octanol–water partition coefficient (Wildman–Crippen LogP) is 1.69. The SMILES string of the molecule is CC(C)(CC(=O)O)CC(=O)N[C@@H]1CO[C@@H]2[C@@H]1OC[C@@H]2Nc1nccc(-c2ccco2)n1. The van der Waals surface area contributed by atoms with Crippen LogP contribution in [0.2, 0.25) is 0 Å². The molecule has 2 aliphatic rings. The fourth-order valence-corrected chi connectivity index (χ4v) is 4.07. The summed E-state index contributed by atoms with van der Waals surface area (Å²) in [7, 11) is 0. The Bertz CT molecular complexity index is 932. The summed E-state index contributed by atoms with van der Waals surface area (Å²) in [6.45, 7) is 4.24. The highest BCUT2D eigenvalue weighted by Crippen LogP contribution is 2.30. The number of rotatable bonds is 8. The number of ether oxygens (including phenoxy) is 2. The fourth-order valence-electron chi connectivity index (χ4n) is 4.07. The number of carbonyl (C=O) groups is 2. The molecule has 1 amide bonds. The van der Waals surface area contributed by atoms with Gasteiger partial charge in [0.05, 0.1) is 38.0 Å².